The molecule has 3 rings (SSSR count). The van der Waals surface area contributed by atoms with Crippen LogP contribution in [0.3, 0.4) is 0 Å². The Bertz CT molecular complexity index is 746. The van der Waals surface area contributed by atoms with Crippen LogP contribution in [0.4, 0.5) is 0 Å². The summed E-state index contributed by atoms with van der Waals surface area (Å²) in [7, 11) is -2.94. The van der Waals surface area contributed by atoms with E-state index in [1.54, 1.807) is 0 Å². The molecule has 0 N–H and O–H groups in total. The van der Waals surface area contributed by atoms with Gasteiger partial charge in [-0.3, -0.25) is 9.69 Å². The monoisotopic (exact) mass is 400 g/mol. The van der Waals surface area contributed by atoms with Crippen LogP contribution < -0.4 is 9.47 Å². The molecule has 7 nitrogen and oxygen atoms in total. The third kappa shape index (κ3) is 5.52. The molecular weight excluding hydrogens is 376 g/mol. The van der Waals surface area contributed by atoms with E-state index in [1.165, 1.54) is 18.0 Å². The van der Waals surface area contributed by atoms with E-state index in [1.807, 2.05) is 23.1 Å². The van der Waals surface area contributed by atoms with Gasteiger partial charge in [0.25, 0.3) is 0 Å². The first kappa shape index (κ1) is 19.3. The van der Waals surface area contributed by atoms with E-state index in [9.17, 15) is 13.2 Å². The van der Waals surface area contributed by atoms with Crippen molar-refractivity contribution in [3.8, 4) is 11.5 Å². The van der Waals surface area contributed by atoms with Crippen LogP contribution in [0, 0.1) is 0 Å². The number of thioether (sulfide) groups is 1. The summed E-state index contributed by atoms with van der Waals surface area (Å²) in [4.78, 5) is 17.3. The molecule has 2 aliphatic heterocycles. The Morgan fingerprint density at radius 3 is 2.50 bits per heavy atom. The lowest BCUT2D eigenvalue weighted by Gasteiger charge is -2.34. The van der Waals surface area contributed by atoms with Crippen LogP contribution in [-0.4, -0.2) is 87.8 Å². The average molecular weight is 401 g/mol. The first-order chi connectivity index (χ1) is 12.4. The predicted molar refractivity (Wildman–Crippen MR) is 101 cm³/mol. The van der Waals surface area contributed by atoms with Crippen molar-refractivity contribution < 1.29 is 22.7 Å². The molecule has 0 saturated carbocycles. The molecule has 1 amide bonds. The second-order valence-electron chi connectivity index (χ2n) is 6.45. The Kier molecular flexibility index (Phi) is 6.31. The highest BCUT2D eigenvalue weighted by atomic mass is 32.2. The van der Waals surface area contributed by atoms with Crippen LogP contribution in [0.5, 0.6) is 11.5 Å². The Balaban J connectivity index is 1.43. The van der Waals surface area contributed by atoms with E-state index in [4.69, 9.17) is 9.47 Å². The number of hydrogen-bond acceptors (Lipinski definition) is 7. The summed E-state index contributed by atoms with van der Waals surface area (Å²) in [5, 5.41) is 0. The summed E-state index contributed by atoms with van der Waals surface area (Å²) in [5.41, 5.74) is 0. The number of nitrogens with zero attached hydrogens (tertiary/aromatic N) is 2. The largest absolute Gasteiger partial charge is 0.486 e. The fourth-order valence-electron chi connectivity index (χ4n) is 2.87. The smallest absolute Gasteiger partial charge is 0.233 e. The van der Waals surface area contributed by atoms with Gasteiger partial charge >= 0.3 is 0 Å². The van der Waals surface area contributed by atoms with Gasteiger partial charge in [-0.1, -0.05) is 0 Å². The number of piperazine rings is 1. The number of ether oxygens (including phenoxy) is 2. The molecule has 1 saturated heterocycles. The second-order valence-corrected chi connectivity index (χ2v) is 9.75. The molecule has 9 heteroatoms. The van der Waals surface area contributed by atoms with Gasteiger partial charge in [0.2, 0.25) is 5.91 Å². The summed E-state index contributed by atoms with van der Waals surface area (Å²) in [6.07, 6.45) is 1.25. The maximum absolute atomic E-state index is 12.4. The zero-order valence-electron chi connectivity index (χ0n) is 14.8. The molecule has 0 radical (unpaired) electrons. The number of rotatable bonds is 6. The van der Waals surface area contributed by atoms with Crippen molar-refractivity contribution in [2.45, 2.75) is 4.90 Å². The maximum atomic E-state index is 12.4. The van der Waals surface area contributed by atoms with E-state index >= 15 is 0 Å². The topological polar surface area (TPSA) is 76.2 Å². The van der Waals surface area contributed by atoms with Crippen LogP contribution in [-0.2, 0) is 14.6 Å². The van der Waals surface area contributed by atoms with Crippen LogP contribution in [0.1, 0.15) is 0 Å². The van der Waals surface area contributed by atoms with Gasteiger partial charge in [-0.15, -0.1) is 11.8 Å². The number of hydrogen-bond donors (Lipinski definition) is 0. The minimum absolute atomic E-state index is 0.104. The lowest BCUT2D eigenvalue weighted by Crippen LogP contribution is -2.50. The predicted octanol–water partition coefficient (Wildman–Crippen LogP) is 0.739. The van der Waals surface area contributed by atoms with Crippen molar-refractivity contribution in [3.63, 3.8) is 0 Å². The molecule has 0 unspecified atom stereocenters. The van der Waals surface area contributed by atoms with Crippen molar-refractivity contribution in [3.05, 3.63) is 18.2 Å². The number of benzene rings is 1. The van der Waals surface area contributed by atoms with E-state index in [2.05, 4.69) is 4.90 Å². The van der Waals surface area contributed by atoms with Gasteiger partial charge in [0.05, 0.1) is 11.5 Å². The van der Waals surface area contributed by atoms with Gasteiger partial charge in [0, 0.05) is 43.9 Å². The van der Waals surface area contributed by atoms with E-state index in [0.717, 1.165) is 29.5 Å². The molecule has 0 aliphatic carbocycles. The highest BCUT2D eigenvalue weighted by Crippen LogP contribution is 2.34. The molecule has 0 spiro atoms. The molecule has 0 bridgehead atoms. The van der Waals surface area contributed by atoms with Crippen molar-refractivity contribution in [1.29, 1.82) is 0 Å². The minimum atomic E-state index is -2.94. The molecular formula is C17H24N2O5S2. The van der Waals surface area contributed by atoms with Crippen molar-refractivity contribution in [1.82, 2.24) is 9.80 Å². The van der Waals surface area contributed by atoms with E-state index in [0.29, 0.717) is 38.6 Å². The first-order valence-electron chi connectivity index (χ1n) is 8.61. The number of fused-ring (bicyclic) bond motifs is 1. The third-order valence-corrected chi connectivity index (χ3v) is 6.28. The SMILES string of the molecule is CS(=O)(=O)CCN1CCN(C(=O)CSc2ccc3c(c2)OCCO3)CC1. The molecule has 26 heavy (non-hydrogen) atoms. The van der Waals surface area contributed by atoms with Crippen molar-refractivity contribution >= 4 is 27.5 Å². The lowest BCUT2D eigenvalue weighted by atomic mass is 10.3. The Hall–Kier alpha value is -1.45. The fraction of sp³-hybridized carbons (Fsp3) is 0.588. The summed E-state index contributed by atoms with van der Waals surface area (Å²) in [5.74, 6) is 2.13. The first-order valence-corrected chi connectivity index (χ1v) is 11.7. The van der Waals surface area contributed by atoms with Gasteiger partial charge in [-0.05, 0) is 18.2 Å². The molecule has 144 valence electrons. The molecule has 2 heterocycles. The van der Waals surface area contributed by atoms with E-state index < -0.39 is 9.84 Å². The van der Waals surface area contributed by atoms with E-state index in [-0.39, 0.29) is 11.7 Å². The summed E-state index contributed by atoms with van der Waals surface area (Å²) >= 11 is 1.49. The average Bonchev–Trinajstić information content (AvgIpc) is 2.64. The van der Waals surface area contributed by atoms with Crippen molar-refractivity contribution in [2.24, 2.45) is 0 Å². The Morgan fingerprint density at radius 1 is 1.12 bits per heavy atom. The summed E-state index contributed by atoms with van der Waals surface area (Å²) in [6, 6.07) is 5.73. The highest BCUT2D eigenvalue weighted by molar-refractivity contribution is 8.00. The lowest BCUT2D eigenvalue weighted by molar-refractivity contribution is -0.130. The van der Waals surface area contributed by atoms with Gasteiger partial charge in [0.1, 0.15) is 23.1 Å². The number of amides is 1. The molecule has 1 fully saturated rings. The number of carbonyl (C=O) groups excluding carboxylic acids is 1. The zero-order valence-corrected chi connectivity index (χ0v) is 16.5. The third-order valence-electron chi connectivity index (χ3n) is 4.38. The highest BCUT2D eigenvalue weighted by Gasteiger charge is 2.22. The van der Waals surface area contributed by atoms with Gasteiger partial charge in [-0.25, -0.2) is 8.42 Å². The quantitative estimate of drug-likeness (QED) is 0.652. The Labute approximate surface area is 158 Å². The molecule has 0 aromatic heterocycles. The number of sulfone groups is 1. The second kappa shape index (κ2) is 8.49. The van der Waals surface area contributed by atoms with Crippen LogP contribution in [0.2, 0.25) is 0 Å². The zero-order chi connectivity index (χ0) is 18.6. The summed E-state index contributed by atoms with van der Waals surface area (Å²) in [6.45, 7) is 4.37. The van der Waals surface area contributed by atoms with Gasteiger partial charge < -0.3 is 14.4 Å². The molecule has 1 aromatic rings. The normalized spacial score (nSPS) is 18.0. The van der Waals surface area contributed by atoms with Crippen LogP contribution in [0.25, 0.3) is 0 Å². The maximum Gasteiger partial charge on any atom is 0.233 e. The van der Waals surface area contributed by atoms with Gasteiger partial charge in [-0.2, -0.15) is 0 Å². The molecule has 1 aromatic carbocycles. The fourth-order valence-corrected chi connectivity index (χ4v) is 4.28. The molecule has 2 aliphatic rings. The van der Waals surface area contributed by atoms with Crippen molar-refractivity contribution in [2.75, 3.05) is 63.7 Å². The van der Waals surface area contributed by atoms with Gasteiger partial charge in [0.15, 0.2) is 11.5 Å². The standard InChI is InChI=1S/C17H24N2O5S2/c1-26(21,22)11-8-18-4-6-19(7-5-18)17(20)13-25-14-2-3-15-16(12-14)24-10-9-23-15/h2-3,12H,4-11,13H2,1H3. The Morgan fingerprint density at radius 2 is 1.81 bits per heavy atom. The number of carbonyl (C=O) groups is 1. The minimum Gasteiger partial charge on any atom is -0.486 e. The summed E-state index contributed by atoms with van der Waals surface area (Å²) < 4.78 is 33.6. The van der Waals surface area contributed by atoms with Crippen LogP contribution in [0.15, 0.2) is 23.1 Å². The molecule has 0 atom stereocenters. The van der Waals surface area contributed by atoms with Crippen LogP contribution >= 0.6 is 11.8 Å².